The van der Waals surface area contributed by atoms with Crippen molar-refractivity contribution in [1.29, 1.82) is 0 Å². The van der Waals surface area contributed by atoms with Crippen LogP contribution in [-0.2, 0) is 0 Å². The molecule has 20 heavy (non-hydrogen) atoms. The number of aromatic nitrogens is 4. The molecule has 2 unspecified atom stereocenters. The summed E-state index contributed by atoms with van der Waals surface area (Å²) in [5.41, 5.74) is 0.990. The molecular weight excluding hydrogens is 252 g/mol. The van der Waals surface area contributed by atoms with Crippen LogP contribution in [0.15, 0.2) is 12.4 Å². The van der Waals surface area contributed by atoms with Crippen LogP contribution in [0, 0.1) is 12.8 Å². The molecule has 3 heterocycles. The lowest BCUT2D eigenvalue weighted by molar-refractivity contribution is 0.331. The molecule has 2 aromatic rings. The molecule has 2 atom stereocenters. The Morgan fingerprint density at radius 2 is 2.30 bits per heavy atom. The van der Waals surface area contributed by atoms with Gasteiger partial charge in [0.15, 0.2) is 0 Å². The number of fused-ring (bicyclic) bond motifs is 1. The third kappa shape index (κ3) is 2.35. The molecule has 0 saturated carbocycles. The first-order chi connectivity index (χ1) is 9.69. The molecule has 1 fully saturated rings. The Morgan fingerprint density at radius 3 is 3.10 bits per heavy atom. The van der Waals surface area contributed by atoms with E-state index in [4.69, 9.17) is 0 Å². The fourth-order valence-electron chi connectivity index (χ4n) is 3.00. The molecule has 0 amide bonds. The lowest BCUT2D eigenvalue weighted by Crippen LogP contribution is -2.44. The van der Waals surface area contributed by atoms with Gasteiger partial charge in [0, 0.05) is 30.9 Å². The van der Waals surface area contributed by atoms with Gasteiger partial charge in [0.05, 0.1) is 0 Å². The third-order valence-corrected chi connectivity index (χ3v) is 4.31. The van der Waals surface area contributed by atoms with E-state index in [2.05, 4.69) is 38.3 Å². The van der Waals surface area contributed by atoms with Crippen molar-refractivity contribution in [3.63, 3.8) is 0 Å². The highest BCUT2D eigenvalue weighted by molar-refractivity contribution is 5.47. The van der Waals surface area contributed by atoms with Crippen molar-refractivity contribution in [3.8, 4) is 0 Å². The minimum absolute atomic E-state index is 0.534. The summed E-state index contributed by atoms with van der Waals surface area (Å²) in [7, 11) is 2.04. The van der Waals surface area contributed by atoms with Crippen LogP contribution in [0.4, 0.5) is 5.82 Å². The van der Waals surface area contributed by atoms with Crippen molar-refractivity contribution in [2.75, 3.05) is 25.0 Å². The van der Waals surface area contributed by atoms with E-state index < -0.39 is 0 Å². The van der Waals surface area contributed by atoms with Crippen LogP contribution in [-0.4, -0.2) is 45.8 Å². The Morgan fingerprint density at radius 1 is 1.45 bits per heavy atom. The van der Waals surface area contributed by atoms with Crippen LogP contribution in [0.3, 0.4) is 0 Å². The number of nitrogens with zero attached hydrogens (tertiary/aromatic N) is 5. The van der Waals surface area contributed by atoms with Gasteiger partial charge in [0.1, 0.15) is 12.1 Å². The topological polar surface area (TPSA) is 58.3 Å². The number of piperidine rings is 1. The Hall–Kier alpha value is -1.69. The van der Waals surface area contributed by atoms with Crippen LogP contribution in [0.1, 0.15) is 25.5 Å². The zero-order chi connectivity index (χ0) is 14.1. The SMILES string of the molecule is CNC(C)C1CCCN(c2cc(C)nc3ncnn23)C1. The molecule has 1 N–H and O–H groups in total. The molecule has 0 spiro atoms. The van der Waals surface area contributed by atoms with Crippen LogP contribution in [0.25, 0.3) is 5.78 Å². The summed E-state index contributed by atoms with van der Waals surface area (Å²) in [6, 6.07) is 2.64. The standard InChI is InChI=1S/C14H22N6/c1-10-7-13(20-14(18-10)16-9-17-20)19-6-4-5-12(8-19)11(2)15-3/h7,9,11-12,15H,4-6,8H2,1-3H3. The van der Waals surface area contributed by atoms with Gasteiger partial charge in [-0.05, 0) is 39.7 Å². The van der Waals surface area contributed by atoms with Crippen molar-refractivity contribution in [2.24, 2.45) is 5.92 Å². The minimum Gasteiger partial charge on any atom is -0.356 e. The van der Waals surface area contributed by atoms with E-state index in [-0.39, 0.29) is 0 Å². The van der Waals surface area contributed by atoms with Crippen molar-refractivity contribution in [3.05, 3.63) is 18.1 Å². The molecular formula is C14H22N6. The third-order valence-electron chi connectivity index (χ3n) is 4.31. The average molecular weight is 274 g/mol. The lowest BCUT2D eigenvalue weighted by atomic mass is 9.91. The molecule has 1 aliphatic heterocycles. The highest BCUT2D eigenvalue weighted by Crippen LogP contribution is 2.25. The van der Waals surface area contributed by atoms with Crippen LogP contribution >= 0.6 is 0 Å². The zero-order valence-electron chi connectivity index (χ0n) is 12.4. The van der Waals surface area contributed by atoms with Crippen LogP contribution < -0.4 is 10.2 Å². The first-order valence-electron chi connectivity index (χ1n) is 7.28. The van der Waals surface area contributed by atoms with E-state index in [9.17, 15) is 0 Å². The molecule has 0 radical (unpaired) electrons. The second-order valence-corrected chi connectivity index (χ2v) is 5.65. The predicted molar refractivity (Wildman–Crippen MR) is 79.0 cm³/mol. The molecule has 3 rings (SSSR count). The molecule has 0 aromatic carbocycles. The molecule has 6 nitrogen and oxygen atoms in total. The van der Waals surface area contributed by atoms with E-state index in [1.807, 2.05) is 18.5 Å². The van der Waals surface area contributed by atoms with Gasteiger partial charge in [-0.2, -0.15) is 14.6 Å². The van der Waals surface area contributed by atoms with E-state index in [1.54, 1.807) is 6.33 Å². The van der Waals surface area contributed by atoms with Gasteiger partial charge < -0.3 is 10.2 Å². The summed E-state index contributed by atoms with van der Waals surface area (Å²) < 4.78 is 1.85. The highest BCUT2D eigenvalue weighted by atomic mass is 15.4. The molecule has 0 bridgehead atoms. The Kier molecular flexibility index (Phi) is 3.56. The van der Waals surface area contributed by atoms with Gasteiger partial charge >= 0.3 is 0 Å². The Labute approximate surface area is 119 Å². The van der Waals surface area contributed by atoms with Gasteiger partial charge in [0.25, 0.3) is 5.78 Å². The summed E-state index contributed by atoms with van der Waals surface area (Å²) in [6.07, 6.45) is 4.07. The van der Waals surface area contributed by atoms with Crippen molar-refractivity contribution in [2.45, 2.75) is 32.7 Å². The predicted octanol–water partition coefficient (Wildman–Crippen LogP) is 1.26. The molecule has 0 aliphatic carbocycles. The quantitative estimate of drug-likeness (QED) is 0.913. The maximum absolute atomic E-state index is 4.41. The molecule has 2 aromatic heterocycles. The summed E-state index contributed by atoms with van der Waals surface area (Å²) in [5.74, 6) is 2.46. The second-order valence-electron chi connectivity index (χ2n) is 5.65. The normalized spacial score (nSPS) is 21.4. The largest absolute Gasteiger partial charge is 0.356 e. The van der Waals surface area contributed by atoms with Crippen LogP contribution in [0.5, 0.6) is 0 Å². The number of hydrogen-bond donors (Lipinski definition) is 1. The Bertz CT molecular complexity index is 592. The van der Waals surface area contributed by atoms with E-state index in [0.717, 1.165) is 24.6 Å². The number of aryl methyl sites for hydroxylation is 1. The van der Waals surface area contributed by atoms with E-state index in [0.29, 0.717) is 17.7 Å². The van der Waals surface area contributed by atoms with E-state index in [1.165, 1.54) is 12.8 Å². The minimum atomic E-state index is 0.534. The monoisotopic (exact) mass is 274 g/mol. The summed E-state index contributed by atoms with van der Waals surface area (Å²) in [4.78, 5) is 11.0. The van der Waals surface area contributed by atoms with Crippen molar-refractivity contribution < 1.29 is 0 Å². The maximum atomic E-state index is 4.41. The summed E-state index contributed by atoms with van der Waals surface area (Å²) in [6.45, 7) is 6.40. The first kappa shape index (κ1) is 13.3. The summed E-state index contributed by atoms with van der Waals surface area (Å²) >= 11 is 0. The van der Waals surface area contributed by atoms with Gasteiger partial charge in [-0.1, -0.05) is 0 Å². The average Bonchev–Trinajstić information content (AvgIpc) is 2.93. The Balaban J connectivity index is 1.92. The highest BCUT2D eigenvalue weighted by Gasteiger charge is 2.25. The molecule has 1 saturated heterocycles. The fourth-order valence-corrected chi connectivity index (χ4v) is 3.00. The number of rotatable bonds is 3. The summed E-state index contributed by atoms with van der Waals surface area (Å²) in [5, 5.41) is 7.69. The molecule has 6 heteroatoms. The number of hydrogen-bond acceptors (Lipinski definition) is 5. The first-order valence-corrected chi connectivity index (χ1v) is 7.28. The van der Waals surface area contributed by atoms with Crippen LogP contribution in [0.2, 0.25) is 0 Å². The van der Waals surface area contributed by atoms with Gasteiger partial charge in [-0.15, -0.1) is 0 Å². The number of nitrogens with one attached hydrogen (secondary N) is 1. The fraction of sp³-hybridized carbons (Fsp3) is 0.643. The second kappa shape index (κ2) is 5.36. The lowest BCUT2D eigenvalue weighted by Gasteiger charge is -2.36. The van der Waals surface area contributed by atoms with Gasteiger partial charge in [-0.25, -0.2) is 4.98 Å². The van der Waals surface area contributed by atoms with E-state index >= 15 is 0 Å². The zero-order valence-corrected chi connectivity index (χ0v) is 12.4. The maximum Gasteiger partial charge on any atom is 0.254 e. The molecule has 108 valence electrons. The van der Waals surface area contributed by atoms with Crippen molar-refractivity contribution >= 4 is 11.6 Å². The number of anilines is 1. The van der Waals surface area contributed by atoms with Gasteiger partial charge in [-0.3, -0.25) is 0 Å². The smallest absolute Gasteiger partial charge is 0.254 e. The van der Waals surface area contributed by atoms with Crippen molar-refractivity contribution in [1.82, 2.24) is 24.9 Å². The molecule has 1 aliphatic rings. The van der Waals surface area contributed by atoms with Gasteiger partial charge in [0.2, 0.25) is 0 Å².